The van der Waals surface area contributed by atoms with Gasteiger partial charge in [0.15, 0.2) is 0 Å². The maximum absolute atomic E-state index is 13.8. The summed E-state index contributed by atoms with van der Waals surface area (Å²) in [5, 5.41) is 4.04. The predicted molar refractivity (Wildman–Crippen MR) is 140 cm³/mol. The van der Waals surface area contributed by atoms with Crippen molar-refractivity contribution >= 4 is 41.1 Å². The Labute approximate surface area is 239 Å². The molecule has 1 atom stereocenters. The number of alkyl halides is 6. The number of carbonyl (C=O) groups is 2. The second-order valence-corrected chi connectivity index (χ2v) is 9.43. The van der Waals surface area contributed by atoms with Gasteiger partial charge in [0.1, 0.15) is 11.6 Å². The molecule has 0 fully saturated rings. The number of methoxy groups -OCH3 is 1. The van der Waals surface area contributed by atoms with Crippen LogP contribution in [0.1, 0.15) is 29.2 Å². The number of anilines is 1. The Balaban J connectivity index is 1.90. The van der Waals surface area contributed by atoms with Crippen LogP contribution in [0.25, 0.3) is 0 Å². The first-order chi connectivity index (χ1) is 19.6. The van der Waals surface area contributed by atoms with Crippen LogP contribution in [0.15, 0.2) is 83.6 Å². The smallest absolute Gasteiger partial charge is 0.422 e. The van der Waals surface area contributed by atoms with Crippen molar-refractivity contribution in [2.45, 2.75) is 24.7 Å². The van der Waals surface area contributed by atoms with Crippen molar-refractivity contribution in [3.8, 4) is 0 Å². The number of urea groups is 1. The van der Waals surface area contributed by atoms with E-state index in [1.54, 1.807) is 36.3 Å². The molecule has 0 aromatic heterocycles. The van der Waals surface area contributed by atoms with Gasteiger partial charge in [-0.25, -0.2) is 14.4 Å². The number of hydrazone groups is 1. The van der Waals surface area contributed by atoms with Gasteiger partial charge in [-0.1, -0.05) is 48.0 Å². The number of halogens is 7. The summed E-state index contributed by atoms with van der Waals surface area (Å²) >= 11 is 5.95. The third-order valence-electron chi connectivity index (χ3n) is 6.54. The van der Waals surface area contributed by atoms with E-state index in [4.69, 9.17) is 11.6 Å². The average molecular weight is 610 g/mol. The lowest BCUT2D eigenvalue weighted by Crippen LogP contribution is -2.45. The fourth-order valence-corrected chi connectivity index (χ4v) is 4.71. The van der Waals surface area contributed by atoms with Crippen LogP contribution in [0.3, 0.4) is 0 Å². The summed E-state index contributed by atoms with van der Waals surface area (Å²) < 4.78 is 84.1. The summed E-state index contributed by atoms with van der Waals surface area (Å²) in [7, 11) is 0.917. The summed E-state index contributed by atoms with van der Waals surface area (Å²) in [4.78, 5) is 39.3. The van der Waals surface area contributed by atoms with Crippen LogP contribution in [0.4, 0.5) is 41.6 Å². The number of hydrogen-bond donors (Lipinski definition) is 0. The van der Waals surface area contributed by atoms with Crippen LogP contribution < -0.4 is 4.90 Å². The molecule has 0 saturated heterocycles. The van der Waals surface area contributed by atoms with E-state index in [-0.39, 0.29) is 17.0 Å². The minimum absolute atomic E-state index is 0.00144. The van der Waals surface area contributed by atoms with Crippen molar-refractivity contribution in [3.63, 3.8) is 0 Å². The number of ether oxygens (including phenoxy) is 1. The largest absolute Gasteiger partial charge is 0.452 e. The van der Waals surface area contributed by atoms with Gasteiger partial charge in [-0.2, -0.15) is 41.4 Å². The highest BCUT2D eigenvalue weighted by Crippen LogP contribution is 2.44. The number of benzene rings is 3. The Hall–Kier alpha value is -4.61. The molecule has 42 heavy (non-hydrogen) atoms. The first kappa shape index (κ1) is 30.4. The molecule has 1 aliphatic heterocycles. The molecule has 3 aromatic carbocycles. The molecule has 1 unspecified atom stereocenters. The first-order valence-corrected chi connectivity index (χ1v) is 12.2. The molecular formula is C28H18ClF6N3O4. The SMILES string of the molecule is COC(=O)N(C(=O)N1N=C(c2ccc(C(F)(F)F)c(Cl)c2)C(C)(c2ccccc2)C1=C=O)c1ccc(C(F)(F)F)cc1. The molecule has 0 spiro atoms. The van der Waals surface area contributed by atoms with Crippen LogP contribution >= 0.6 is 11.6 Å². The molecule has 14 heteroatoms. The number of nitrogens with zero attached hydrogens (tertiary/aromatic N) is 3. The molecule has 0 bridgehead atoms. The Morgan fingerprint density at radius 2 is 1.57 bits per heavy atom. The van der Waals surface area contributed by atoms with E-state index in [0.717, 1.165) is 31.4 Å². The number of imide groups is 1. The maximum Gasteiger partial charge on any atom is 0.422 e. The van der Waals surface area contributed by atoms with Gasteiger partial charge >= 0.3 is 24.5 Å². The van der Waals surface area contributed by atoms with E-state index in [2.05, 4.69) is 9.84 Å². The van der Waals surface area contributed by atoms with Gasteiger partial charge in [0.2, 0.25) is 0 Å². The van der Waals surface area contributed by atoms with Crippen LogP contribution in [-0.4, -0.2) is 35.9 Å². The van der Waals surface area contributed by atoms with Crippen molar-refractivity contribution in [3.05, 3.63) is 106 Å². The Kier molecular flexibility index (Phi) is 7.94. The van der Waals surface area contributed by atoms with E-state index >= 15 is 0 Å². The van der Waals surface area contributed by atoms with Crippen molar-refractivity contribution < 1.29 is 45.5 Å². The van der Waals surface area contributed by atoms with Crippen LogP contribution in [-0.2, 0) is 27.3 Å². The van der Waals surface area contributed by atoms with Gasteiger partial charge in [-0.05, 0) is 48.9 Å². The number of hydrogen-bond acceptors (Lipinski definition) is 5. The Morgan fingerprint density at radius 3 is 2.07 bits per heavy atom. The van der Waals surface area contributed by atoms with Gasteiger partial charge in [0.05, 0.1) is 40.1 Å². The van der Waals surface area contributed by atoms with Gasteiger partial charge in [0.25, 0.3) is 0 Å². The average Bonchev–Trinajstić information content (AvgIpc) is 3.25. The normalized spacial score (nSPS) is 17.0. The van der Waals surface area contributed by atoms with Gasteiger partial charge in [-0.15, -0.1) is 0 Å². The first-order valence-electron chi connectivity index (χ1n) is 11.8. The molecular weight excluding hydrogens is 592 g/mol. The molecule has 1 aliphatic rings. The minimum atomic E-state index is -4.77. The second kappa shape index (κ2) is 11.0. The Morgan fingerprint density at radius 1 is 0.952 bits per heavy atom. The topological polar surface area (TPSA) is 79.3 Å². The van der Waals surface area contributed by atoms with Crippen molar-refractivity contribution in [1.29, 1.82) is 0 Å². The molecule has 7 nitrogen and oxygen atoms in total. The van der Waals surface area contributed by atoms with Crippen LogP contribution in [0.2, 0.25) is 5.02 Å². The quantitative estimate of drug-likeness (QED) is 0.228. The fraction of sp³-hybridized carbons (Fsp3) is 0.179. The number of amides is 3. The molecule has 0 radical (unpaired) electrons. The van der Waals surface area contributed by atoms with Gasteiger partial charge < -0.3 is 4.74 Å². The Bertz CT molecular complexity index is 1620. The predicted octanol–water partition coefficient (Wildman–Crippen LogP) is 7.46. The maximum atomic E-state index is 13.8. The zero-order valence-corrected chi connectivity index (χ0v) is 22.3. The van der Waals surface area contributed by atoms with Crippen molar-refractivity contribution in [2.24, 2.45) is 5.10 Å². The summed E-state index contributed by atoms with van der Waals surface area (Å²) in [5.74, 6) is 1.64. The van der Waals surface area contributed by atoms with E-state index in [1.165, 1.54) is 6.92 Å². The zero-order valence-electron chi connectivity index (χ0n) is 21.5. The van der Waals surface area contributed by atoms with Crippen molar-refractivity contribution in [1.82, 2.24) is 5.01 Å². The monoisotopic (exact) mass is 609 g/mol. The number of rotatable bonds is 3. The van der Waals surface area contributed by atoms with Crippen LogP contribution in [0, 0.1) is 0 Å². The molecule has 1 heterocycles. The summed E-state index contributed by atoms with van der Waals surface area (Å²) in [6.07, 6.45) is -10.8. The summed E-state index contributed by atoms with van der Waals surface area (Å²) in [5.41, 5.74) is -4.37. The second-order valence-electron chi connectivity index (χ2n) is 9.03. The lowest BCUT2D eigenvalue weighted by atomic mass is 9.74. The molecule has 3 amide bonds. The lowest BCUT2D eigenvalue weighted by molar-refractivity contribution is -0.138. The molecule has 3 aromatic rings. The highest BCUT2D eigenvalue weighted by Gasteiger charge is 2.51. The third-order valence-corrected chi connectivity index (χ3v) is 6.85. The van der Waals surface area contributed by atoms with E-state index < -0.39 is 51.7 Å². The van der Waals surface area contributed by atoms with E-state index in [9.17, 15) is 40.7 Å². The molecule has 0 saturated carbocycles. The zero-order chi connectivity index (χ0) is 31.0. The fourth-order valence-electron chi connectivity index (χ4n) is 4.42. The highest BCUT2D eigenvalue weighted by atomic mass is 35.5. The highest BCUT2D eigenvalue weighted by molar-refractivity contribution is 6.32. The minimum Gasteiger partial charge on any atom is -0.452 e. The standard InChI is InChI=1S/C28H18ClF6N3O4/c1-26(17-6-4-3-5-7-17)22(15-39)38(36-23(26)16-8-13-20(21(29)14-16)28(33,34)35)24(40)37(25(41)42-2)19-11-9-18(10-12-19)27(30,31)32/h3-14H,1-2H3. The lowest BCUT2D eigenvalue weighted by Gasteiger charge is -2.29. The van der Waals surface area contributed by atoms with E-state index in [1.807, 2.05) is 0 Å². The van der Waals surface area contributed by atoms with E-state index in [0.29, 0.717) is 33.7 Å². The van der Waals surface area contributed by atoms with Gasteiger partial charge in [-0.3, -0.25) is 0 Å². The molecule has 4 rings (SSSR count). The summed E-state index contributed by atoms with van der Waals surface area (Å²) in [6, 6.07) is 12.3. The summed E-state index contributed by atoms with van der Waals surface area (Å²) in [6.45, 7) is 1.46. The molecule has 0 N–H and O–H groups in total. The van der Waals surface area contributed by atoms with Crippen molar-refractivity contribution in [2.75, 3.05) is 12.0 Å². The van der Waals surface area contributed by atoms with Crippen LogP contribution in [0.5, 0.6) is 0 Å². The number of allylic oxidation sites excluding steroid dienone is 1. The number of carbonyl (C=O) groups excluding carboxylic acids is 3. The third kappa shape index (κ3) is 5.36. The molecule has 218 valence electrons. The molecule has 0 aliphatic carbocycles. The van der Waals surface area contributed by atoms with Gasteiger partial charge in [0, 0.05) is 5.56 Å².